The predicted molar refractivity (Wildman–Crippen MR) is 114 cm³/mol. The molecule has 2 atom stereocenters. The number of hydrogen-bond donors (Lipinski definition) is 2. The molecular weight excluding hydrogens is 445 g/mol. The van der Waals surface area contributed by atoms with Gasteiger partial charge in [0, 0.05) is 31.2 Å². The van der Waals surface area contributed by atoms with E-state index in [0.29, 0.717) is 38.4 Å². The molecule has 1 aliphatic heterocycles. The zero-order valence-electron chi connectivity index (χ0n) is 16.0. The Morgan fingerprint density at radius 1 is 1.42 bits per heavy atom. The van der Waals surface area contributed by atoms with Gasteiger partial charge in [-0.1, -0.05) is 0 Å². The highest BCUT2D eigenvalue weighted by Gasteiger charge is 2.23. The summed E-state index contributed by atoms with van der Waals surface area (Å²) in [4.78, 5) is 4.68. The van der Waals surface area contributed by atoms with E-state index < -0.39 is 0 Å². The summed E-state index contributed by atoms with van der Waals surface area (Å²) in [7, 11) is 0. The van der Waals surface area contributed by atoms with Crippen molar-refractivity contribution in [3.63, 3.8) is 0 Å². The SMILES string of the molecule is CCNC(=NCC1COCCO1)NC1CCc2cn(C(C)C)nc2C1.I. The van der Waals surface area contributed by atoms with Gasteiger partial charge in [0.15, 0.2) is 5.96 Å². The third-order valence-electron chi connectivity index (χ3n) is 4.65. The molecule has 2 heterocycles. The molecule has 7 nitrogen and oxygen atoms in total. The van der Waals surface area contributed by atoms with E-state index in [1.807, 2.05) is 0 Å². The van der Waals surface area contributed by atoms with E-state index in [-0.39, 0.29) is 30.1 Å². The largest absolute Gasteiger partial charge is 0.376 e. The van der Waals surface area contributed by atoms with Gasteiger partial charge in [-0.05, 0) is 39.2 Å². The highest BCUT2D eigenvalue weighted by Crippen LogP contribution is 2.21. The van der Waals surface area contributed by atoms with Crippen LogP contribution >= 0.6 is 24.0 Å². The molecule has 0 amide bonds. The number of nitrogens with zero attached hydrogens (tertiary/aromatic N) is 3. The van der Waals surface area contributed by atoms with Crippen LogP contribution < -0.4 is 10.6 Å². The number of rotatable bonds is 5. The number of hydrogen-bond acceptors (Lipinski definition) is 4. The average Bonchev–Trinajstić information content (AvgIpc) is 3.04. The zero-order valence-corrected chi connectivity index (χ0v) is 18.4. The van der Waals surface area contributed by atoms with Crippen molar-refractivity contribution in [2.75, 3.05) is 32.9 Å². The Labute approximate surface area is 173 Å². The zero-order chi connectivity index (χ0) is 17.6. The summed E-state index contributed by atoms with van der Waals surface area (Å²) in [6.07, 6.45) is 5.38. The second-order valence-electron chi connectivity index (χ2n) is 7.05. The lowest BCUT2D eigenvalue weighted by Crippen LogP contribution is -2.46. The van der Waals surface area contributed by atoms with Crippen molar-refractivity contribution in [2.24, 2.45) is 4.99 Å². The van der Waals surface area contributed by atoms with E-state index in [2.05, 4.69) is 47.3 Å². The summed E-state index contributed by atoms with van der Waals surface area (Å²) in [6.45, 7) is 9.86. The van der Waals surface area contributed by atoms with Crippen molar-refractivity contribution in [3.8, 4) is 0 Å². The fourth-order valence-corrected chi connectivity index (χ4v) is 3.25. The summed E-state index contributed by atoms with van der Waals surface area (Å²) in [5.41, 5.74) is 2.61. The van der Waals surface area contributed by atoms with Crippen molar-refractivity contribution >= 4 is 29.9 Å². The third-order valence-corrected chi connectivity index (χ3v) is 4.65. The van der Waals surface area contributed by atoms with Crippen LogP contribution in [-0.4, -0.2) is 60.8 Å². The first kappa shape index (κ1) is 21.4. The molecular formula is C18H32IN5O2. The van der Waals surface area contributed by atoms with Gasteiger partial charge >= 0.3 is 0 Å². The minimum absolute atomic E-state index is 0. The summed E-state index contributed by atoms with van der Waals surface area (Å²) < 4.78 is 13.2. The monoisotopic (exact) mass is 477 g/mol. The average molecular weight is 477 g/mol. The van der Waals surface area contributed by atoms with Crippen LogP contribution in [0.25, 0.3) is 0 Å². The van der Waals surface area contributed by atoms with Crippen LogP contribution in [0.1, 0.15) is 44.5 Å². The van der Waals surface area contributed by atoms with Crippen molar-refractivity contribution < 1.29 is 9.47 Å². The number of aliphatic imine (C=N–C) groups is 1. The Hall–Kier alpha value is -0.870. The Balaban J connectivity index is 0.00000243. The normalized spacial score (nSPS) is 23.3. The molecule has 0 bridgehead atoms. The fraction of sp³-hybridized carbons (Fsp3) is 0.778. The van der Waals surface area contributed by atoms with Gasteiger partial charge in [-0.25, -0.2) is 0 Å². The molecule has 148 valence electrons. The predicted octanol–water partition coefficient (Wildman–Crippen LogP) is 1.91. The Morgan fingerprint density at radius 3 is 2.96 bits per heavy atom. The van der Waals surface area contributed by atoms with Crippen molar-refractivity contribution in [2.45, 2.75) is 58.2 Å². The van der Waals surface area contributed by atoms with Gasteiger partial charge in [-0.15, -0.1) is 24.0 Å². The second-order valence-corrected chi connectivity index (χ2v) is 7.05. The standard InChI is InChI=1S/C18H31N5O2.HI/c1-4-19-18(20-10-16-12-24-7-8-25-16)21-15-6-5-14-11-23(13(2)3)22-17(14)9-15;/h11,13,15-16H,4-10,12H2,1-3H3,(H2,19,20,21);1H. The second kappa shape index (κ2) is 10.5. The van der Waals surface area contributed by atoms with Crippen LogP contribution in [0.15, 0.2) is 11.2 Å². The van der Waals surface area contributed by atoms with Gasteiger partial charge in [0.2, 0.25) is 0 Å². The molecule has 8 heteroatoms. The lowest BCUT2D eigenvalue weighted by molar-refractivity contribution is -0.0832. The van der Waals surface area contributed by atoms with E-state index in [1.54, 1.807) is 0 Å². The number of aromatic nitrogens is 2. The topological polar surface area (TPSA) is 72.7 Å². The van der Waals surface area contributed by atoms with Crippen LogP contribution in [0.4, 0.5) is 0 Å². The maximum absolute atomic E-state index is 5.67. The molecule has 2 unspecified atom stereocenters. The third kappa shape index (κ3) is 5.82. The number of aryl methyl sites for hydroxylation is 1. The molecule has 2 N–H and O–H groups in total. The smallest absolute Gasteiger partial charge is 0.191 e. The maximum atomic E-state index is 5.67. The molecule has 1 saturated heterocycles. The summed E-state index contributed by atoms with van der Waals surface area (Å²) in [6, 6.07) is 0.776. The van der Waals surface area contributed by atoms with Gasteiger partial charge in [0.1, 0.15) is 6.10 Å². The molecule has 1 aromatic rings. The van der Waals surface area contributed by atoms with E-state index in [1.165, 1.54) is 11.3 Å². The number of fused-ring (bicyclic) bond motifs is 1. The molecule has 1 fully saturated rings. The van der Waals surface area contributed by atoms with Crippen LogP contribution in [0.2, 0.25) is 0 Å². The fourth-order valence-electron chi connectivity index (χ4n) is 3.25. The van der Waals surface area contributed by atoms with Crippen molar-refractivity contribution in [3.05, 3.63) is 17.5 Å². The summed E-state index contributed by atoms with van der Waals surface area (Å²) >= 11 is 0. The summed E-state index contributed by atoms with van der Waals surface area (Å²) in [5, 5.41) is 11.7. The molecule has 0 saturated carbocycles. The first-order valence-electron chi connectivity index (χ1n) is 9.46. The van der Waals surface area contributed by atoms with E-state index in [0.717, 1.165) is 31.8 Å². The van der Waals surface area contributed by atoms with Crippen molar-refractivity contribution in [1.82, 2.24) is 20.4 Å². The molecule has 1 aromatic heterocycles. The first-order valence-corrected chi connectivity index (χ1v) is 9.46. The highest BCUT2D eigenvalue weighted by atomic mass is 127. The number of guanidine groups is 1. The number of halogens is 1. The molecule has 1 aliphatic carbocycles. The van der Waals surface area contributed by atoms with E-state index in [9.17, 15) is 0 Å². The van der Waals surface area contributed by atoms with Crippen LogP contribution in [0, 0.1) is 0 Å². The molecule has 0 aromatic carbocycles. The lowest BCUT2D eigenvalue weighted by Gasteiger charge is -2.25. The Bertz CT molecular complexity index is 584. The molecule has 2 aliphatic rings. The van der Waals surface area contributed by atoms with Gasteiger partial charge in [-0.3, -0.25) is 9.67 Å². The van der Waals surface area contributed by atoms with E-state index in [4.69, 9.17) is 14.6 Å². The van der Waals surface area contributed by atoms with Gasteiger partial charge in [0.25, 0.3) is 0 Å². The van der Waals surface area contributed by atoms with Crippen LogP contribution in [0.5, 0.6) is 0 Å². The minimum Gasteiger partial charge on any atom is -0.376 e. The minimum atomic E-state index is 0. The number of nitrogens with one attached hydrogen (secondary N) is 2. The first-order chi connectivity index (χ1) is 12.2. The van der Waals surface area contributed by atoms with E-state index >= 15 is 0 Å². The lowest BCUT2D eigenvalue weighted by atomic mass is 9.94. The van der Waals surface area contributed by atoms with Crippen LogP contribution in [0.3, 0.4) is 0 Å². The highest BCUT2D eigenvalue weighted by molar-refractivity contribution is 14.0. The molecule has 0 spiro atoms. The van der Waals surface area contributed by atoms with Gasteiger partial charge in [-0.2, -0.15) is 5.10 Å². The van der Waals surface area contributed by atoms with Gasteiger partial charge in [0.05, 0.1) is 32.1 Å². The summed E-state index contributed by atoms with van der Waals surface area (Å²) in [5.74, 6) is 0.855. The van der Waals surface area contributed by atoms with Crippen molar-refractivity contribution in [1.29, 1.82) is 0 Å². The maximum Gasteiger partial charge on any atom is 0.191 e. The van der Waals surface area contributed by atoms with Crippen LogP contribution in [-0.2, 0) is 22.3 Å². The molecule has 0 radical (unpaired) electrons. The number of ether oxygens (including phenoxy) is 2. The van der Waals surface area contributed by atoms with Gasteiger partial charge < -0.3 is 20.1 Å². The molecule has 3 rings (SSSR count). The Morgan fingerprint density at radius 2 is 2.27 bits per heavy atom. The molecule has 26 heavy (non-hydrogen) atoms. The Kier molecular flexibility index (Phi) is 8.62. The quantitative estimate of drug-likeness (QED) is 0.385.